The molecule has 1 atom stereocenters. The standard InChI is InChI=1S/C21H29FN2O2/c22-18-8-4-5-9-19(18)24(14-16-6-2-1-3-7-16)21(25)26-20-15-23-12-10-17(20)11-13-23/h4-5,8-9,16-17,20H,1-3,6-7,10-15H2/t20-/m0/s1. The number of para-hydroxylation sites is 1. The van der Waals surface area contributed by atoms with Crippen molar-refractivity contribution in [1.82, 2.24) is 4.90 Å². The lowest BCUT2D eigenvalue weighted by Crippen LogP contribution is -2.53. The first-order chi connectivity index (χ1) is 12.7. The zero-order chi connectivity index (χ0) is 17.9. The van der Waals surface area contributed by atoms with Crippen LogP contribution in [-0.4, -0.2) is 43.3 Å². The van der Waals surface area contributed by atoms with Gasteiger partial charge >= 0.3 is 6.09 Å². The molecule has 0 aromatic heterocycles. The molecule has 3 aliphatic heterocycles. The third kappa shape index (κ3) is 3.88. The maximum Gasteiger partial charge on any atom is 0.414 e. The minimum atomic E-state index is -0.376. The van der Waals surface area contributed by atoms with Gasteiger partial charge in [0.15, 0.2) is 0 Å². The van der Waals surface area contributed by atoms with E-state index >= 15 is 0 Å². The van der Waals surface area contributed by atoms with Gasteiger partial charge < -0.3 is 4.74 Å². The Labute approximate surface area is 155 Å². The van der Waals surface area contributed by atoms with Crippen LogP contribution in [0.4, 0.5) is 14.9 Å². The van der Waals surface area contributed by atoms with Crippen LogP contribution in [0.25, 0.3) is 0 Å². The first kappa shape index (κ1) is 17.8. The van der Waals surface area contributed by atoms with Gasteiger partial charge in [0.1, 0.15) is 11.9 Å². The van der Waals surface area contributed by atoms with Gasteiger partial charge in [-0.3, -0.25) is 9.80 Å². The number of carbonyl (C=O) groups excluding carboxylic acids is 1. The molecule has 0 N–H and O–H groups in total. The number of nitrogens with zero attached hydrogens (tertiary/aromatic N) is 2. The maximum atomic E-state index is 14.4. The number of benzene rings is 1. The van der Waals surface area contributed by atoms with Crippen molar-refractivity contribution >= 4 is 11.8 Å². The number of ether oxygens (including phenoxy) is 1. The molecule has 4 nitrogen and oxygen atoms in total. The van der Waals surface area contributed by atoms with Crippen LogP contribution in [0, 0.1) is 17.7 Å². The van der Waals surface area contributed by atoms with Gasteiger partial charge in [-0.15, -0.1) is 0 Å². The zero-order valence-electron chi connectivity index (χ0n) is 15.4. The number of carbonyl (C=O) groups is 1. The Hall–Kier alpha value is -1.62. The van der Waals surface area contributed by atoms with Crippen molar-refractivity contribution in [2.75, 3.05) is 31.1 Å². The maximum absolute atomic E-state index is 14.4. The highest BCUT2D eigenvalue weighted by atomic mass is 19.1. The average molecular weight is 360 g/mol. The fourth-order valence-electron chi connectivity index (χ4n) is 4.81. The second-order valence-corrected chi connectivity index (χ2v) is 8.13. The first-order valence-electron chi connectivity index (χ1n) is 10.2. The van der Waals surface area contributed by atoms with Crippen LogP contribution >= 0.6 is 0 Å². The predicted molar refractivity (Wildman–Crippen MR) is 99.8 cm³/mol. The molecule has 4 fully saturated rings. The van der Waals surface area contributed by atoms with Crippen LogP contribution in [0.3, 0.4) is 0 Å². The Morgan fingerprint density at radius 2 is 1.85 bits per heavy atom. The summed E-state index contributed by atoms with van der Waals surface area (Å²) in [7, 11) is 0. The van der Waals surface area contributed by atoms with Gasteiger partial charge in [-0.1, -0.05) is 31.4 Å². The third-order valence-electron chi connectivity index (χ3n) is 6.38. The van der Waals surface area contributed by atoms with Crippen LogP contribution in [0.15, 0.2) is 24.3 Å². The summed E-state index contributed by atoms with van der Waals surface area (Å²) < 4.78 is 20.3. The topological polar surface area (TPSA) is 32.8 Å². The second kappa shape index (κ2) is 7.95. The van der Waals surface area contributed by atoms with Gasteiger partial charge in [0, 0.05) is 13.1 Å². The molecule has 5 rings (SSSR count). The Balaban J connectivity index is 1.49. The molecule has 0 unspecified atom stereocenters. The molecule has 142 valence electrons. The van der Waals surface area contributed by atoms with Gasteiger partial charge in [-0.2, -0.15) is 0 Å². The van der Waals surface area contributed by atoms with Crippen molar-refractivity contribution in [1.29, 1.82) is 0 Å². The fourth-order valence-corrected chi connectivity index (χ4v) is 4.81. The average Bonchev–Trinajstić information content (AvgIpc) is 2.68. The lowest BCUT2D eigenvalue weighted by Gasteiger charge is -2.44. The van der Waals surface area contributed by atoms with E-state index in [-0.39, 0.29) is 18.0 Å². The molecule has 3 saturated heterocycles. The number of amides is 1. The number of piperidine rings is 3. The molecule has 2 bridgehead atoms. The highest BCUT2D eigenvalue weighted by Gasteiger charge is 2.38. The van der Waals surface area contributed by atoms with E-state index in [4.69, 9.17) is 4.74 Å². The Kier molecular flexibility index (Phi) is 5.44. The number of hydrogen-bond acceptors (Lipinski definition) is 3. The van der Waals surface area contributed by atoms with Crippen molar-refractivity contribution in [2.45, 2.75) is 51.0 Å². The molecule has 3 heterocycles. The van der Waals surface area contributed by atoms with Crippen molar-refractivity contribution in [3.8, 4) is 0 Å². The number of halogens is 1. The molecule has 1 amide bonds. The van der Waals surface area contributed by atoms with E-state index < -0.39 is 0 Å². The van der Waals surface area contributed by atoms with Gasteiger partial charge in [0.25, 0.3) is 0 Å². The molecule has 1 aliphatic carbocycles. The molecule has 5 heteroatoms. The third-order valence-corrected chi connectivity index (χ3v) is 6.38. The van der Waals surface area contributed by atoms with E-state index in [0.29, 0.717) is 24.1 Å². The Bertz CT molecular complexity index is 624. The summed E-state index contributed by atoms with van der Waals surface area (Å²) in [5, 5.41) is 0. The summed E-state index contributed by atoms with van der Waals surface area (Å²) in [4.78, 5) is 17.0. The van der Waals surface area contributed by atoms with E-state index in [1.807, 2.05) is 0 Å². The highest BCUT2D eigenvalue weighted by molar-refractivity contribution is 5.88. The van der Waals surface area contributed by atoms with Crippen molar-refractivity contribution in [3.63, 3.8) is 0 Å². The van der Waals surface area contributed by atoms with Crippen LogP contribution < -0.4 is 4.90 Å². The van der Waals surface area contributed by atoms with Gasteiger partial charge in [0.2, 0.25) is 0 Å². The highest BCUT2D eigenvalue weighted by Crippen LogP contribution is 2.32. The minimum absolute atomic E-state index is 0.0503. The second-order valence-electron chi connectivity index (χ2n) is 8.13. The van der Waals surface area contributed by atoms with Gasteiger partial charge in [-0.05, 0) is 62.7 Å². The normalized spacial score (nSPS) is 28.7. The molecular weight excluding hydrogens is 331 g/mol. The smallest absolute Gasteiger partial charge is 0.414 e. The van der Waals surface area contributed by atoms with E-state index in [1.165, 1.54) is 25.3 Å². The SMILES string of the molecule is O=C(O[C@H]1CN2CCC1CC2)N(CC1CCCCC1)c1ccccc1F. The van der Waals surface area contributed by atoms with Crippen LogP contribution in [0.2, 0.25) is 0 Å². The molecule has 1 aromatic rings. The largest absolute Gasteiger partial charge is 0.444 e. The number of hydrogen-bond donors (Lipinski definition) is 0. The summed E-state index contributed by atoms with van der Waals surface area (Å²) in [6, 6.07) is 6.56. The lowest BCUT2D eigenvalue weighted by atomic mass is 9.86. The monoisotopic (exact) mass is 360 g/mol. The predicted octanol–water partition coefficient (Wildman–Crippen LogP) is 4.44. The molecule has 4 aliphatic rings. The molecule has 26 heavy (non-hydrogen) atoms. The molecular formula is C21H29FN2O2. The van der Waals surface area contributed by atoms with Crippen LogP contribution in [-0.2, 0) is 4.74 Å². The number of rotatable bonds is 4. The summed E-state index contributed by atoms with van der Waals surface area (Å²) >= 11 is 0. The summed E-state index contributed by atoms with van der Waals surface area (Å²) in [5.74, 6) is 0.540. The van der Waals surface area contributed by atoms with Crippen molar-refractivity contribution in [3.05, 3.63) is 30.1 Å². The Morgan fingerprint density at radius 3 is 2.50 bits per heavy atom. The van der Waals surface area contributed by atoms with Gasteiger partial charge in [0.05, 0.1) is 5.69 Å². The zero-order valence-corrected chi connectivity index (χ0v) is 15.4. The van der Waals surface area contributed by atoms with Crippen LogP contribution in [0.5, 0.6) is 0 Å². The van der Waals surface area contributed by atoms with Crippen LogP contribution in [0.1, 0.15) is 44.9 Å². The summed E-state index contributed by atoms with van der Waals surface area (Å²) in [6.45, 7) is 3.60. The molecule has 1 saturated carbocycles. The fraction of sp³-hybridized carbons (Fsp3) is 0.667. The van der Waals surface area contributed by atoms with Crippen molar-refractivity contribution < 1.29 is 13.9 Å². The lowest BCUT2D eigenvalue weighted by molar-refractivity contribution is -0.0312. The van der Waals surface area contributed by atoms with E-state index in [2.05, 4.69) is 4.90 Å². The quantitative estimate of drug-likeness (QED) is 0.796. The summed E-state index contributed by atoms with van der Waals surface area (Å²) in [5.41, 5.74) is 0.351. The number of fused-ring (bicyclic) bond motifs is 3. The van der Waals surface area contributed by atoms with E-state index in [1.54, 1.807) is 23.1 Å². The summed E-state index contributed by atoms with van der Waals surface area (Å²) in [6.07, 6.45) is 7.65. The van der Waals surface area contributed by atoms with Gasteiger partial charge in [-0.25, -0.2) is 9.18 Å². The Morgan fingerprint density at radius 1 is 1.12 bits per heavy atom. The van der Waals surface area contributed by atoms with Crippen molar-refractivity contribution in [2.24, 2.45) is 11.8 Å². The molecule has 0 radical (unpaired) electrons. The molecule has 1 aromatic carbocycles. The van der Waals surface area contributed by atoms with E-state index in [0.717, 1.165) is 45.3 Å². The van der Waals surface area contributed by atoms with E-state index in [9.17, 15) is 9.18 Å². The minimum Gasteiger partial charge on any atom is -0.444 e. The molecule has 0 spiro atoms. The number of anilines is 1. The first-order valence-corrected chi connectivity index (χ1v) is 10.2.